The van der Waals surface area contributed by atoms with Crippen LogP contribution in [-0.2, 0) is 0 Å². The van der Waals surface area contributed by atoms with Gasteiger partial charge in [0.05, 0.1) is 26.2 Å². The molecule has 0 aromatic carbocycles. The molecule has 2 nitrogen and oxygen atoms in total. The molecule has 0 heterocycles. The Kier molecular flexibility index (Phi) is 18.5. The molecule has 0 aliphatic carbocycles. The van der Waals surface area contributed by atoms with Gasteiger partial charge in [0.25, 0.3) is 0 Å². The van der Waals surface area contributed by atoms with Crippen molar-refractivity contribution >= 4 is 0 Å². The largest absolute Gasteiger partial charge is 1.00 e. The molecule has 0 spiro atoms. The van der Waals surface area contributed by atoms with Crippen molar-refractivity contribution in [2.75, 3.05) is 32.8 Å². The number of halogens is 1. The zero-order valence-electron chi connectivity index (χ0n) is 14.9. The number of rotatable bonds is 15. The lowest BCUT2D eigenvalue weighted by atomic mass is 10.1. The molecule has 0 aromatic rings. The molecule has 0 saturated heterocycles. The third-order valence-electron chi connectivity index (χ3n) is 4.50. The van der Waals surface area contributed by atoms with Crippen LogP contribution in [-0.4, -0.2) is 42.4 Å². The van der Waals surface area contributed by atoms with Crippen LogP contribution in [0.15, 0.2) is 0 Å². The lowest BCUT2D eigenvalue weighted by molar-refractivity contribution is -0.929. The van der Waals surface area contributed by atoms with Crippen molar-refractivity contribution in [2.24, 2.45) is 0 Å². The average molecular weight is 322 g/mol. The molecule has 0 unspecified atom stereocenters. The number of aliphatic hydroxyl groups excluding tert-OH is 1. The highest BCUT2D eigenvalue weighted by molar-refractivity contribution is 4.51. The van der Waals surface area contributed by atoms with E-state index in [1.807, 2.05) is 0 Å². The zero-order valence-corrected chi connectivity index (χ0v) is 15.6. The summed E-state index contributed by atoms with van der Waals surface area (Å²) < 4.78 is 1.37. The van der Waals surface area contributed by atoms with Crippen molar-refractivity contribution in [3.63, 3.8) is 0 Å². The van der Waals surface area contributed by atoms with E-state index in [4.69, 9.17) is 5.11 Å². The summed E-state index contributed by atoms with van der Waals surface area (Å²) in [4.78, 5) is 0. The number of aliphatic hydroxyl groups is 1. The van der Waals surface area contributed by atoms with Crippen molar-refractivity contribution < 1.29 is 22.0 Å². The summed E-state index contributed by atoms with van der Waals surface area (Å²) in [7, 11) is 0. The molecular weight excluding hydrogens is 282 g/mol. The summed E-state index contributed by atoms with van der Waals surface area (Å²) in [6, 6.07) is 0. The van der Waals surface area contributed by atoms with Crippen molar-refractivity contribution in [3.05, 3.63) is 0 Å². The van der Waals surface area contributed by atoms with E-state index < -0.39 is 0 Å². The van der Waals surface area contributed by atoms with Crippen molar-refractivity contribution in [2.45, 2.75) is 85.0 Å². The smallest absolute Gasteiger partial charge is 0.0786 e. The molecular formula is C18H40ClNO. The SMILES string of the molecule is CCCC[N+](CCCC)(CCCC)CCCCCCO.[Cl-]. The Balaban J connectivity index is 0. The topological polar surface area (TPSA) is 20.2 Å². The normalized spacial score (nSPS) is 11.4. The number of unbranched alkanes of at least 4 members (excludes halogenated alkanes) is 6. The molecule has 0 radical (unpaired) electrons. The highest BCUT2D eigenvalue weighted by Gasteiger charge is 2.24. The molecule has 0 rings (SSSR count). The molecule has 1 N–H and O–H groups in total. The van der Waals surface area contributed by atoms with Crippen molar-refractivity contribution in [1.82, 2.24) is 0 Å². The maximum Gasteiger partial charge on any atom is 0.0786 e. The molecule has 0 atom stereocenters. The van der Waals surface area contributed by atoms with E-state index in [-0.39, 0.29) is 12.4 Å². The number of nitrogens with zero attached hydrogens (tertiary/aromatic N) is 1. The first-order valence-electron chi connectivity index (χ1n) is 9.20. The van der Waals surface area contributed by atoms with Gasteiger partial charge in [0.15, 0.2) is 0 Å². The fourth-order valence-electron chi connectivity index (χ4n) is 3.06. The van der Waals surface area contributed by atoms with Gasteiger partial charge >= 0.3 is 0 Å². The number of hydrogen-bond acceptors (Lipinski definition) is 1. The van der Waals surface area contributed by atoms with Gasteiger partial charge in [-0.15, -0.1) is 0 Å². The molecule has 0 aromatic heterocycles. The van der Waals surface area contributed by atoms with Crippen LogP contribution >= 0.6 is 0 Å². The van der Waals surface area contributed by atoms with Gasteiger partial charge in [0.2, 0.25) is 0 Å². The Hall–Kier alpha value is 0.210. The maximum absolute atomic E-state index is 8.87. The summed E-state index contributed by atoms with van der Waals surface area (Å²) in [5, 5.41) is 8.87. The Bertz CT molecular complexity index is 178. The fourth-order valence-corrected chi connectivity index (χ4v) is 3.06. The standard InChI is InChI=1S/C18H40NO.ClH/c1-4-7-14-19(15-8-5-2,16-9-6-3)17-12-10-11-13-18-20;/h20H,4-18H2,1-3H3;1H/q+1;/p-1. The average Bonchev–Trinajstić information content (AvgIpc) is 2.48. The molecule has 0 aliphatic heterocycles. The van der Waals surface area contributed by atoms with Crippen LogP contribution in [0, 0.1) is 0 Å². The van der Waals surface area contributed by atoms with E-state index in [1.165, 1.54) is 88.4 Å². The van der Waals surface area contributed by atoms with Gasteiger partial charge < -0.3 is 22.0 Å². The molecule has 21 heavy (non-hydrogen) atoms. The summed E-state index contributed by atoms with van der Waals surface area (Å²) >= 11 is 0. The molecule has 0 amide bonds. The Labute approximate surface area is 140 Å². The highest BCUT2D eigenvalue weighted by atomic mass is 35.5. The van der Waals surface area contributed by atoms with Gasteiger partial charge in [0.1, 0.15) is 0 Å². The molecule has 3 heteroatoms. The lowest BCUT2D eigenvalue weighted by Crippen LogP contribution is -3.00. The quantitative estimate of drug-likeness (QED) is 0.360. The first-order chi connectivity index (χ1) is 9.74. The third-order valence-corrected chi connectivity index (χ3v) is 4.50. The van der Waals surface area contributed by atoms with Gasteiger partial charge in [0, 0.05) is 6.61 Å². The zero-order chi connectivity index (χ0) is 15.1. The predicted octanol–water partition coefficient (Wildman–Crippen LogP) is 1.76. The second kappa shape index (κ2) is 16.6. The molecule has 0 aliphatic rings. The fraction of sp³-hybridized carbons (Fsp3) is 1.00. The minimum atomic E-state index is 0. The number of quaternary nitrogens is 1. The van der Waals surface area contributed by atoms with E-state index in [0.29, 0.717) is 6.61 Å². The van der Waals surface area contributed by atoms with Gasteiger partial charge in [-0.05, 0) is 38.5 Å². The first kappa shape index (κ1) is 23.5. The monoisotopic (exact) mass is 321 g/mol. The van der Waals surface area contributed by atoms with E-state index in [1.54, 1.807) is 0 Å². The van der Waals surface area contributed by atoms with Crippen LogP contribution in [0.5, 0.6) is 0 Å². The third kappa shape index (κ3) is 12.4. The minimum Gasteiger partial charge on any atom is -1.00 e. The Morgan fingerprint density at radius 3 is 1.33 bits per heavy atom. The molecule has 130 valence electrons. The van der Waals surface area contributed by atoms with Gasteiger partial charge in [-0.1, -0.05) is 46.5 Å². The minimum absolute atomic E-state index is 0. The molecule has 0 saturated carbocycles. The van der Waals surface area contributed by atoms with Crippen molar-refractivity contribution in [3.8, 4) is 0 Å². The van der Waals surface area contributed by atoms with Crippen LogP contribution in [0.3, 0.4) is 0 Å². The van der Waals surface area contributed by atoms with Crippen LogP contribution in [0.4, 0.5) is 0 Å². The van der Waals surface area contributed by atoms with Gasteiger partial charge in [-0.25, -0.2) is 0 Å². The molecule has 0 bridgehead atoms. The summed E-state index contributed by atoms with van der Waals surface area (Å²) in [5.74, 6) is 0. The lowest BCUT2D eigenvalue weighted by Gasteiger charge is -2.39. The first-order valence-corrected chi connectivity index (χ1v) is 9.20. The van der Waals surface area contributed by atoms with Gasteiger partial charge in [-0.2, -0.15) is 0 Å². The second-order valence-corrected chi connectivity index (χ2v) is 6.43. The van der Waals surface area contributed by atoms with Crippen LogP contribution in [0.25, 0.3) is 0 Å². The summed E-state index contributed by atoms with van der Waals surface area (Å²) in [5.41, 5.74) is 0. The van der Waals surface area contributed by atoms with Crippen LogP contribution < -0.4 is 12.4 Å². The summed E-state index contributed by atoms with van der Waals surface area (Å²) in [6.07, 6.45) is 12.9. The van der Waals surface area contributed by atoms with E-state index in [9.17, 15) is 0 Å². The Morgan fingerprint density at radius 1 is 0.571 bits per heavy atom. The van der Waals surface area contributed by atoms with E-state index >= 15 is 0 Å². The van der Waals surface area contributed by atoms with Crippen molar-refractivity contribution in [1.29, 1.82) is 0 Å². The Morgan fingerprint density at radius 2 is 0.952 bits per heavy atom. The van der Waals surface area contributed by atoms with Crippen LogP contribution in [0.2, 0.25) is 0 Å². The predicted molar refractivity (Wildman–Crippen MR) is 90.0 cm³/mol. The van der Waals surface area contributed by atoms with E-state index in [2.05, 4.69) is 20.8 Å². The maximum atomic E-state index is 8.87. The van der Waals surface area contributed by atoms with Gasteiger partial charge in [-0.3, -0.25) is 0 Å². The molecule has 0 fully saturated rings. The van der Waals surface area contributed by atoms with E-state index in [0.717, 1.165) is 6.42 Å². The summed E-state index contributed by atoms with van der Waals surface area (Å²) in [6.45, 7) is 12.8. The highest BCUT2D eigenvalue weighted by Crippen LogP contribution is 2.17. The number of hydrogen-bond donors (Lipinski definition) is 1. The van der Waals surface area contributed by atoms with Crippen LogP contribution in [0.1, 0.15) is 85.0 Å². The second-order valence-electron chi connectivity index (χ2n) is 6.43.